The molecule has 4 aliphatic heterocycles. The minimum Gasteiger partial charge on any atom is -0.317 e. The van der Waals surface area contributed by atoms with E-state index in [4.69, 9.17) is 5.73 Å². The van der Waals surface area contributed by atoms with E-state index in [9.17, 15) is 4.79 Å². The van der Waals surface area contributed by atoms with Crippen molar-refractivity contribution in [3.63, 3.8) is 0 Å². The molecule has 5 rings (SSSR count). The summed E-state index contributed by atoms with van der Waals surface area (Å²) in [6.07, 6.45) is 1.77. The van der Waals surface area contributed by atoms with Gasteiger partial charge in [-0.25, -0.2) is 0 Å². The summed E-state index contributed by atoms with van der Waals surface area (Å²) in [7, 11) is 0. The van der Waals surface area contributed by atoms with Gasteiger partial charge in [-0.2, -0.15) is 0 Å². The summed E-state index contributed by atoms with van der Waals surface area (Å²) in [6, 6.07) is 5.82. The van der Waals surface area contributed by atoms with Gasteiger partial charge in [0.1, 0.15) is 5.54 Å². The second kappa shape index (κ2) is 3.62. The fourth-order valence-electron chi connectivity index (χ4n) is 4.06. The monoisotopic (exact) mass is 258 g/mol. The largest absolute Gasteiger partial charge is 0.317 e. The number of piperidine rings is 2. The van der Waals surface area contributed by atoms with Crippen LogP contribution in [0.4, 0.5) is 0 Å². The van der Waals surface area contributed by atoms with Gasteiger partial charge in [0.2, 0.25) is 0 Å². The van der Waals surface area contributed by atoms with E-state index < -0.39 is 11.0 Å². The topological polar surface area (TPSA) is 62.5 Å². The van der Waals surface area contributed by atoms with Crippen molar-refractivity contribution in [1.82, 2.24) is 14.8 Å². The van der Waals surface area contributed by atoms with Gasteiger partial charge in [-0.05, 0) is 12.1 Å². The minimum absolute atomic E-state index is 0.188. The molecule has 4 fully saturated rings. The van der Waals surface area contributed by atoms with Crippen LogP contribution in [0, 0.1) is 0 Å². The van der Waals surface area contributed by atoms with Gasteiger partial charge < -0.3 is 5.73 Å². The summed E-state index contributed by atoms with van der Waals surface area (Å²) in [5, 5.41) is 0. The maximum atomic E-state index is 13.0. The molecule has 4 saturated heterocycles. The summed E-state index contributed by atoms with van der Waals surface area (Å²) >= 11 is 0. The molecule has 5 nitrogen and oxygen atoms in total. The number of pyridine rings is 1. The number of carbonyl (C=O) groups excluding carboxylic acids is 1. The van der Waals surface area contributed by atoms with Crippen LogP contribution in [0.2, 0.25) is 0 Å². The van der Waals surface area contributed by atoms with E-state index in [0.717, 1.165) is 31.9 Å². The number of hydrogen-bond acceptors (Lipinski definition) is 5. The number of aromatic nitrogens is 1. The molecule has 1 aromatic heterocycles. The molecule has 5 heterocycles. The van der Waals surface area contributed by atoms with Gasteiger partial charge in [0.05, 0.1) is 11.1 Å². The Balaban J connectivity index is 1.89. The maximum absolute atomic E-state index is 13.0. The molecule has 100 valence electrons. The third-order valence-electron chi connectivity index (χ3n) is 4.77. The molecule has 0 amide bonds. The quantitative estimate of drug-likeness (QED) is 0.717. The normalized spacial score (nSPS) is 44.4. The SMILES string of the molecule is NC12CN3CCN(C1)CC(c1ccccn1)(C3)C2=O. The van der Waals surface area contributed by atoms with Crippen LogP contribution in [0.1, 0.15) is 5.69 Å². The Bertz CT molecular complexity index is 514. The Kier molecular flexibility index (Phi) is 2.20. The fraction of sp³-hybridized carbons (Fsp3) is 0.571. The summed E-state index contributed by atoms with van der Waals surface area (Å²) in [4.78, 5) is 22.1. The zero-order valence-electron chi connectivity index (χ0n) is 10.9. The zero-order chi connectivity index (χ0) is 13.1. The Morgan fingerprint density at radius 3 is 2.37 bits per heavy atom. The molecule has 0 aromatic carbocycles. The number of Topliss-reactive ketones (excluding diaryl/α,β-unsaturated/α-hetero) is 1. The molecule has 4 bridgehead atoms. The van der Waals surface area contributed by atoms with E-state index in [1.54, 1.807) is 6.20 Å². The molecule has 0 spiro atoms. The molecule has 4 aliphatic rings. The molecular formula is C14H18N4O. The lowest BCUT2D eigenvalue weighted by molar-refractivity contribution is -0.140. The van der Waals surface area contributed by atoms with Crippen LogP contribution < -0.4 is 5.73 Å². The molecule has 0 radical (unpaired) electrons. The number of nitrogens with two attached hydrogens (primary N) is 1. The molecule has 5 heteroatoms. The maximum Gasteiger partial charge on any atom is 0.169 e. The van der Waals surface area contributed by atoms with E-state index in [1.165, 1.54) is 0 Å². The van der Waals surface area contributed by atoms with E-state index in [-0.39, 0.29) is 5.78 Å². The van der Waals surface area contributed by atoms with Crippen molar-refractivity contribution in [1.29, 1.82) is 0 Å². The van der Waals surface area contributed by atoms with Crippen LogP contribution in [0.25, 0.3) is 0 Å². The van der Waals surface area contributed by atoms with E-state index in [1.807, 2.05) is 18.2 Å². The first kappa shape index (κ1) is 11.5. The molecule has 19 heavy (non-hydrogen) atoms. The second-order valence-electron chi connectivity index (χ2n) is 6.20. The summed E-state index contributed by atoms with van der Waals surface area (Å²) in [6.45, 7) is 4.91. The first-order valence-corrected chi connectivity index (χ1v) is 6.82. The number of hydrogen-bond donors (Lipinski definition) is 1. The van der Waals surface area contributed by atoms with Gasteiger partial charge in [0, 0.05) is 45.5 Å². The van der Waals surface area contributed by atoms with E-state index in [2.05, 4.69) is 14.8 Å². The average Bonchev–Trinajstić information content (AvgIpc) is 2.64. The van der Waals surface area contributed by atoms with Crippen molar-refractivity contribution < 1.29 is 4.79 Å². The summed E-state index contributed by atoms with van der Waals surface area (Å²) in [5.41, 5.74) is 6.06. The average molecular weight is 258 g/mol. The van der Waals surface area contributed by atoms with Crippen LogP contribution in [-0.2, 0) is 10.2 Å². The standard InChI is InChI=1S/C14H18N4O/c15-14-9-17-5-6-18(10-14)8-13(7-17,12(14)19)11-3-1-2-4-16-11/h1-4H,5-10,15H2. The first-order valence-electron chi connectivity index (χ1n) is 6.82. The van der Waals surface area contributed by atoms with Crippen LogP contribution in [0.15, 0.2) is 24.4 Å². The van der Waals surface area contributed by atoms with Gasteiger partial charge in [0.15, 0.2) is 5.78 Å². The third-order valence-corrected chi connectivity index (χ3v) is 4.77. The van der Waals surface area contributed by atoms with Crippen LogP contribution in [-0.4, -0.2) is 65.4 Å². The Hall–Kier alpha value is -1.30. The molecule has 2 unspecified atom stereocenters. The van der Waals surface area contributed by atoms with Crippen molar-refractivity contribution >= 4 is 5.78 Å². The van der Waals surface area contributed by atoms with Crippen LogP contribution in [0.3, 0.4) is 0 Å². The highest BCUT2D eigenvalue weighted by Crippen LogP contribution is 2.40. The predicted molar refractivity (Wildman–Crippen MR) is 70.7 cm³/mol. The van der Waals surface area contributed by atoms with Gasteiger partial charge in [-0.3, -0.25) is 19.6 Å². The van der Waals surface area contributed by atoms with Gasteiger partial charge in [0.25, 0.3) is 0 Å². The minimum atomic E-state index is -0.718. The Morgan fingerprint density at radius 1 is 1.11 bits per heavy atom. The zero-order valence-corrected chi connectivity index (χ0v) is 10.9. The number of ketones is 1. The molecule has 2 N–H and O–H groups in total. The van der Waals surface area contributed by atoms with Gasteiger partial charge in [-0.15, -0.1) is 0 Å². The second-order valence-corrected chi connectivity index (χ2v) is 6.20. The lowest BCUT2D eigenvalue weighted by Crippen LogP contribution is -2.76. The highest BCUT2D eigenvalue weighted by molar-refractivity contribution is 6.00. The number of rotatable bonds is 1. The van der Waals surface area contributed by atoms with Crippen molar-refractivity contribution in [2.24, 2.45) is 5.73 Å². The molecule has 1 aromatic rings. The van der Waals surface area contributed by atoms with Crippen LogP contribution in [0.5, 0.6) is 0 Å². The number of nitrogens with zero attached hydrogens (tertiary/aromatic N) is 3. The molecule has 0 aliphatic carbocycles. The first-order chi connectivity index (χ1) is 9.12. The Morgan fingerprint density at radius 2 is 1.79 bits per heavy atom. The van der Waals surface area contributed by atoms with Crippen molar-refractivity contribution in [3.8, 4) is 0 Å². The molecule has 0 saturated carbocycles. The van der Waals surface area contributed by atoms with Crippen molar-refractivity contribution in [2.75, 3.05) is 39.3 Å². The highest BCUT2D eigenvalue weighted by Gasteiger charge is 2.61. The number of fused-ring (bicyclic) bond motifs is 1. The van der Waals surface area contributed by atoms with E-state index >= 15 is 0 Å². The number of carbonyl (C=O) groups is 1. The Labute approximate surface area is 112 Å². The lowest BCUT2D eigenvalue weighted by atomic mass is 9.66. The van der Waals surface area contributed by atoms with E-state index in [0.29, 0.717) is 13.1 Å². The highest BCUT2D eigenvalue weighted by atomic mass is 16.1. The summed E-state index contributed by atoms with van der Waals surface area (Å²) < 4.78 is 0. The molecule has 2 atom stereocenters. The fourth-order valence-corrected chi connectivity index (χ4v) is 4.06. The molecular weight excluding hydrogens is 240 g/mol. The van der Waals surface area contributed by atoms with Crippen molar-refractivity contribution in [3.05, 3.63) is 30.1 Å². The smallest absolute Gasteiger partial charge is 0.169 e. The lowest BCUT2D eigenvalue weighted by Gasteiger charge is -2.52. The van der Waals surface area contributed by atoms with Gasteiger partial charge in [-0.1, -0.05) is 6.07 Å². The third kappa shape index (κ3) is 1.46. The summed E-state index contributed by atoms with van der Waals surface area (Å²) in [5.74, 6) is 0.188. The van der Waals surface area contributed by atoms with Crippen LogP contribution >= 0.6 is 0 Å². The predicted octanol–water partition coefficient (Wildman–Crippen LogP) is -0.769. The van der Waals surface area contributed by atoms with Gasteiger partial charge >= 0.3 is 0 Å². The van der Waals surface area contributed by atoms with Crippen molar-refractivity contribution in [2.45, 2.75) is 11.0 Å².